The molecule has 1 N–H and O–H groups in total. The van der Waals surface area contributed by atoms with Crippen molar-refractivity contribution in [3.63, 3.8) is 0 Å². The van der Waals surface area contributed by atoms with Crippen LogP contribution < -0.4 is 5.32 Å². The first-order valence-electron chi connectivity index (χ1n) is 9.26. The molecule has 0 atom stereocenters. The number of carbonyl (C=O) groups excluding carboxylic acids is 2. The van der Waals surface area contributed by atoms with Crippen molar-refractivity contribution in [3.05, 3.63) is 71.4 Å². The maximum Gasteiger partial charge on any atom is 0.257 e. The summed E-state index contributed by atoms with van der Waals surface area (Å²) in [5.74, 6) is -0.271. The molecule has 0 aliphatic heterocycles. The number of nitrogens with zero attached hydrogens (tertiary/aromatic N) is 2. The number of benzene rings is 2. The van der Waals surface area contributed by atoms with Crippen molar-refractivity contribution in [2.75, 3.05) is 18.4 Å². The van der Waals surface area contributed by atoms with Crippen LogP contribution in [0.2, 0.25) is 0 Å². The van der Waals surface area contributed by atoms with E-state index in [0.29, 0.717) is 29.3 Å². The smallest absolute Gasteiger partial charge is 0.257 e. The minimum absolute atomic E-state index is 0.0280. The van der Waals surface area contributed by atoms with Crippen LogP contribution in [0.25, 0.3) is 10.4 Å². The van der Waals surface area contributed by atoms with Gasteiger partial charge in [0.15, 0.2) is 5.13 Å². The topological polar surface area (TPSA) is 62.3 Å². The molecule has 2 amide bonds. The Bertz CT molecular complexity index is 975. The highest BCUT2D eigenvalue weighted by atomic mass is 32.1. The maximum absolute atomic E-state index is 12.5. The van der Waals surface area contributed by atoms with Gasteiger partial charge in [-0.3, -0.25) is 14.9 Å². The Morgan fingerprint density at radius 2 is 1.64 bits per heavy atom. The van der Waals surface area contributed by atoms with Gasteiger partial charge in [0.25, 0.3) is 11.8 Å². The SMILES string of the molecule is CCN(CC)C(=O)c1ccc(C(=O)Nc2ncc(-c3ccccc3C)s2)cc1. The normalized spacial score (nSPS) is 10.5. The van der Waals surface area contributed by atoms with Crippen molar-refractivity contribution in [2.24, 2.45) is 0 Å². The van der Waals surface area contributed by atoms with Crippen LogP contribution in [-0.4, -0.2) is 34.8 Å². The molecule has 28 heavy (non-hydrogen) atoms. The van der Waals surface area contributed by atoms with Crippen LogP contribution in [0.3, 0.4) is 0 Å². The average Bonchev–Trinajstić information content (AvgIpc) is 3.17. The molecule has 0 saturated carbocycles. The number of thiazole rings is 1. The summed E-state index contributed by atoms with van der Waals surface area (Å²) in [6.45, 7) is 7.26. The quantitative estimate of drug-likeness (QED) is 0.651. The highest BCUT2D eigenvalue weighted by Crippen LogP contribution is 2.31. The van der Waals surface area contributed by atoms with Crippen LogP contribution in [-0.2, 0) is 0 Å². The predicted octanol–water partition coefficient (Wildman–Crippen LogP) is 4.85. The molecule has 2 aromatic carbocycles. The average molecular weight is 394 g/mol. The Kier molecular flexibility index (Phi) is 6.21. The number of hydrogen-bond acceptors (Lipinski definition) is 4. The summed E-state index contributed by atoms with van der Waals surface area (Å²) >= 11 is 1.44. The first kappa shape index (κ1) is 19.8. The molecule has 3 aromatic rings. The first-order chi connectivity index (χ1) is 13.5. The molecule has 0 bridgehead atoms. The monoisotopic (exact) mass is 393 g/mol. The minimum Gasteiger partial charge on any atom is -0.339 e. The number of aryl methyl sites for hydroxylation is 1. The second-order valence-corrected chi connectivity index (χ2v) is 7.38. The number of rotatable bonds is 6. The maximum atomic E-state index is 12.5. The van der Waals surface area contributed by atoms with Gasteiger partial charge in [-0.15, -0.1) is 0 Å². The van der Waals surface area contributed by atoms with Crippen LogP contribution in [0, 0.1) is 6.92 Å². The highest BCUT2D eigenvalue weighted by molar-refractivity contribution is 7.19. The lowest BCUT2D eigenvalue weighted by Gasteiger charge is -2.18. The molecule has 0 aliphatic rings. The fourth-order valence-electron chi connectivity index (χ4n) is 2.93. The molecule has 0 aliphatic carbocycles. The number of hydrogen-bond donors (Lipinski definition) is 1. The Hall–Kier alpha value is -2.99. The largest absolute Gasteiger partial charge is 0.339 e. The lowest BCUT2D eigenvalue weighted by molar-refractivity contribution is 0.0772. The van der Waals surface area contributed by atoms with Crippen molar-refractivity contribution < 1.29 is 9.59 Å². The van der Waals surface area contributed by atoms with E-state index in [4.69, 9.17) is 0 Å². The highest BCUT2D eigenvalue weighted by Gasteiger charge is 2.14. The number of anilines is 1. The minimum atomic E-state index is -0.243. The predicted molar refractivity (Wildman–Crippen MR) is 114 cm³/mol. The Labute approximate surface area is 169 Å². The summed E-state index contributed by atoms with van der Waals surface area (Å²) in [5, 5.41) is 3.38. The Morgan fingerprint density at radius 1 is 1.00 bits per heavy atom. The second-order valence-electron chi connectivity index (χ2n) is 6.35. The molecular weight excluding hydrogens is 370 g/mol. The Balaban J connectivity index is 1.70. The number of amides is 2. The zero-order valence-corrected chi connectivity index (χ0v) is 17.0. The molecule has 0 unspecified atom stereocenters. The van der Waals surface area contributed by atoms with Crippen molar-refractivity contribution in [1.82, 2.24) is 9.88 Å². The van der Waals surface area contributed by atoms with Gasteiger partial charge in [0.2, 0.25) is 0 Å². The lowest BCUT2D eigenvalue weighted by atomic mass is 10.1. The molecule has 0 saturated heterocycles. The zero-order chi connectivity index (χ0) is 20.1. The molecule has 0 radical (unpaired) electrons. The van der Waals surface area contributed by atoms with Crippen LogP contribution >= 0.6 is 11.3 Å². The van der Waals surface area contributed by atoms with Gasteiger partial charge in [0, 0.05) is 30.4 Å². The standard InChI is InChI=1S/C22H23N3O2S/c1-4-25(5-2)21(27)17-12-10-16(11-13-17)20(26)24-22-23-14-19(28-22)18-9-7-6-8-15(18)3/h6-14H,4-5H2,1-3H3,(H,23,24,26). The van der Waals surface area contributed by atoms with Crippen LogP contribution in [0.5, 0.6) is 0 Å². The summed E-state index contributed by atoms with van der Waals surface area (Å²) in [6.07, 6.45) is 1.77. The van der Waals surface area contributed by atoms with E-state index in [9.17, 15) is 9.59 Å². The van der Waals surface area contributed by atoms with E-state index in [1.807, 2.05) is 45.0 Å². The van der Waals surface area contributed by atoms with Crippen LogP contribution in [0.15, 0.2) is 54.7 Å². The molecule has 3 rings (SSSR count). The summed E-state index contributed by atoms with van der Waals surface area (Å²) in [6, 6.07) is 14.8. The van der Waals surface area contributed by atoms with Gasteiger partial charge in [-0.2, -0.15) is 0 Å². The molecular formula is C22H23N3O2S. The van der Waals surface area contributed by atoms with E-state index in [0.717, 1.165) is 16.0 Å². The summed E-state index contributed by atoms with van der Waals surface area (Å²) in [4.78, 5) is 31.9. The van der Waals surface area contributed by atoms with Crippen molar-refractivity contribution in [1.29, 1.82) is 0 Å². The van der Waals surface area contributed by atoms with Gasteiger partial charge in [-0.1, -0.05) is 35.6 Å². The van der Waals surface area contributed by atoms with Crippen molar-refractivity contribution in [3.8, 4) is 10.4 Å². The van der Waals surface area contributed by atoms with E-state index in [1.165, 1.54) is 11.3 Å². The molecule has 0 fully saturated rings. The van der Waals surface area contributed by atoms with Gasteiger partial charge in [0.05, 0.1) is 4.88 Å². The molecule has 1 aromatic heterocycles. The van der Waals surface area contributed by atoms with Gasteiger partial charge in [-0.05, 0) is 56.2 Å². The van der Waals surface area contributed by atoms with Gasteiger partial charge < -0.3 is 4.90 Å². The van der Waals surface area contributed by atoms with E-state index in [-0.39, 0.29) is 11.8 Å². The molecule has 144 valence electrons. The second kappa shape index (κ2) is 8.80. The van der Waals surface area contributed by atoms with Gasteiger partial charge >= 0.3 is 0 Å². The third-order valence-electron chi connectivity index (χ3n) is 4.58. The van der Waals surface area contributed by atoms with Crippen molar-refractivity contribution >= 4 is 28.3 Å². The molecule has 0 spiro atoms. The molecule has 5 nitrogen and oxygen atoms in total. The van der Waals surface area contributed by atoms with E-state index < -0.39 is 0 Å². The zero-order valence-electron chi connectivity index (χ0n) is 16.2. The van der Waals surface area contributed by atoms with Crippen LogP contribution in [0.4, 0.5) is 5.13 Å². The number of aromatic nitrogens is 1. The molecule has 1 heterocycles. The van der Waals surface area contributed by atoms with E-state index in [2.05, 4.69) is 10.3 Å². The summed E-state index contributed by atoms with van der Waals surface area (Å²) < 4.78 is 0. The number of nitrogens with one attached hydrogen (secondary N) is 1. The third kappa shape index (κ3) is 4.28. The number of carbonyl (C=O) groups is 2. The fourth-order valence-corrected chi connectivity index (χ4v) is 3.83. The van der Waals surface area contributed by atoms with Crippen molar-refractivity contribution in [2.45, 2.75) is 20.8 Å². The van der Waals surface area contributed by atoms with Gasteiger partial charge in [-0.25, -0.2) is 4.98 Å². The Morgan fingerprint density at radius 3 is 2.29 bits per heavy atom. The van der Waals surface area contributed by atoms with Gasteiger partial charge in [0.1, 0.15) is 0 Å². The fraction of sp³-hybridized carbons (Fsp3) is 0.227. The lowest BCUT2D eigenvalue weighted by Crippen LogP contribution is -2.30. The third-order valence-corrected chi connectivity index (χ3v) is 5.53. The first-order valence-corrected chi connectivity index (χ1v) is 10.1. The van der Waals surface area contributed by atoms with Crippen LogP contribution in [0.1, 0.15) is 40.1 Å². The summed E-state index contributed by atoms with van der Waals surface area (Å²) in [5.41, 5.74) is 3.34. The van der Waals surface area contributed by atoms with E-state index in [1.54, 1.807) is 35.4 Å². The van der Waals surface area contributed by atoms with E-state index >= 15 is 0 Å². The molecule has 6 heteroatoms. The summed E-state index contributed by atoms with van der Waals surface area (Å²) in [7, 11) is 0.